The Morgan fingerprint density at radius 1 is 1.30 bits per heavy atom. The monoisotopic (exact) mass is 138 g/mol. The highest BCUT2D eigenvalue weighted by molar-refractivity contribution is 6.11. The minimum absolute atomic E-state index is 0.0278. The Kier molecular flexibility index (Phi) is 2.40. The summed E-state index contributed by atoms with van der Waals surface area (Å²) in [5.74, 6) is 1.14. The molecule has 0 aromatic rings. The second-order valence-electron chi connectivity index (χ2n) is 3.27. The number of hydrogen-bond acceptors (Lipinski definition) is 1. The molecule has 0 saturated carbocycles. The summed E-state index contributed by atoms with van der Waals surface area (Å²) in [6.07, 6.45) is 1.48. The Hall–Kier alpha value is 0.0249. The van der Waals surface area contributed by atoms with Gasteiger partial charge in [0.2, 0.25) is 0 Å². The summed E-state index contributed by atoms with van der Waals surface area (Å²) in [7, 11) is 5.71. The van der Waals surface area contributed by atoms with Crippen molar-refractivity contribution in [2.45, 2.75) is 39.3 Å². The van der Waals surface area contributed by atoms with Crippen LogP contribution in [0.2, 0.25) is 0 Å². The highest BCUT2D eigenvalue weighted by Crippen LogP contribution is 2.31. The van der Waals surface area contributed by atoms with E-state index in [0.29, 0.717) is 17.9 Å². The van der Waals surface area contributed by atoms with E-state index in [2.05, 4.69) is 20.8 Å². The number of ether oxygens (including phenoxy) is 1. The maximum atomic E-state index is 5.71. The maximum absolute atomic E-state index is 5.71. The van der Waals surface area contributed by atoms with Gasteiger partial charge in [0.05, 0.1) is 6.10 Å². The molecule has 0 aliphatic carbocycles. The third-order valence-electron chi connectivity index (χ3n) is 2.67. The summed E-state index contributed by atoms with van der Waals surface area (Å²) in [5.41, 5.74) is 0. The highest BCUT2D eigenvalue weighted by Gasteiger charge is 2.34. The molecule has 2 radical (unpaired) electrons. The molecule has 2 heteroatoms. The predicted octanol–water partition coefficient (Wildman–Crippen LogP) is 1.56. The van der Waals surface area contributed by atoms with E-state index in [1.165, 1.54) is 0 Å². The van der Waals surface area contributed by atoms with Gasteiger partial charge in [-0.15, -0.1) is 0 Å². The first-order valence-corrected chi connectivity index (χ1v) is 4.07. The highest BCUT2D eigenvalue weighted by atomic mass is 16.5. The Labute approximate surface area is 64.6 Å². The lowest BCUT2D eigenvalue weighted by Gasteiger charge is -2.13. The molecule has 0 spiro atoms. The molecule has 0 aromatic heterocycles. The molecule has 1 nitrogen and oxygen atoms in total. The molecule has 1 saturated heterocycles. The lowest BCUT2D eigenvalue weighted by molar-refractivity contribution is 0.0698. The maximum Gasteiger partial charge on any atom is 0.109 e. The third kappa shape index (κ3) is 1.22. The van der Waals surface area contributed by atoms with Crippen LogP contribution in [0.4, 0.5) is 0 Å². The fourth-order valence-electron chi connectivity index (χ4n) is 1.56. The summed E-state index contributed by atoms with van der Waals surface area (Å²) >= 11 is 0. The van der Waals surface area contributed by atoms with Crippen LogP contribution in [-0.4, -0.2) is 20.0 Å². The third-order valence-corrected chi connectivity index (χ3v) is 2.67. The Morgan fingerprint density at radius 3 is 2.10 bits per heavy atom. The van der Waals surface area contributed by atoms with Gasteiger partial charge in [-0.1, -0.05) is 20.8 Å². The molecule has 10 heavy (non-hydrogen) atoms. The molecule has 4 atom stereocenters. The van der Waals surface area contributed by atoms with Crippen LogP contribution in [0.5, 0.6) is 0 Å². The van der Waals surface area contributed by atoms with Gasteiger partial charge in [0.25, 0.3) is 0 Å². The Balaban J connectivity index is 2.53. The van der Waals surface area contributed by atoms with E-state index in [1.807, 2.05) is 0 Å². The van der Waals surface area contributed by atoms with Gasteiger partial charge in [-0.25, -0.2) is 0 Å². The van der Waals surface area contributed by atoms with Gasteiger partial charge < -0.3 is 4.74 Å². The van der Waals surface area contributed by atoms with E-state index in [9.17, 15) is 0 Å². The number of rotatable bonds is 1. The summed E-state index contributed by atoms with van der Waals surface area (Å²) in [6.45, 7) is 6.52. The van der Waals surface area contributed by atoms with Crippen LogP contribution in [0, 0.1) is 11.8 Å². The van der Waals surface area contributed by atoms with Crippen LogP contribution in [0.15, 0.2) is 0 Å². The van der Waals surface area contributed by atoms with Crippen molar-refractivity contribution in [2.75, 3.05) is 0 Å². The predicted molar refractivity (Wildman–Crippen MR) is 43.0 cm³/mol. The lowest BCUT2D eigenvalue weighted by atomic mass is 9.81. The fourth-order valence-corrected chi connectivity index (χ4v) is 1.56. The molecule has 1 rings (SSSR count). The molecule has 0 N–H and O–H groups in total. The first-order valence-electron chi connectivity index (χ1n) is 4.07. The molecular weight excluding hydrogens is 123 g/mol. The van der Waals surface area contributed by atoms with Crippen molar-refractivity contribution in [2.24, 2.45) is 11.8 Å². The van der Waals surface area contributed by atoms with Crippen molar-refractivity contribution in [1.82, 2.24) is 0 Å². The van der Waals surface area contributed by atoms with E-state index in [-0.39, 0.29) is 6.00 Å². The van der Waals surface area contributed by atoms with Crippen molar-refractivity contribution in [3.63, 3.8) is 0 Å². The summed E-state index contributed by atoms with van der Waals surface area (Å²) in [6, 6.07) is -0.0278. The second-order valence-corrected chi connectivity index (χ2v) is 3.27. The SMILES string of the molecule is [B][C@H]1O[C@@H](CC)[C@@H](C)C1C. The molecule has 1 aliphatic rings. The summed E-state index contributed by atoms with van der Waals surface area (Å²) in [5, 5.41) is 0. The van der Waals surface area contributed by atoms with Crippen molar-refractivity contribution in [3.8, 4) is 0 Å². The van der Waals surface area contributed by atoms with Gasteiger partial charge in [0.15, 0.2) is 0 Å². The molecule has 56 valence electrons. The van der Waals surface area contributed by atoms with Crippen molar-refractivity contribution in [1.29, 1.82) is 0 Å². The van der Waals surface area contributed by atoms with E-state index in [0.717, 1.165) is 6.42 Å². The largest absolute Gasteiger partial charge is 0.384 e. The zero-order valence-electron chi connectivity index (χ0n) is 7.00. The van der Waals surface area contributed by atoms with E-state index < -0.39 is 0 Å². The topological polar surface area (TPSA) is 9.23 Å². The van der Waals surface area contributed by atoms with E-state index in [1.54, 1.807) is 0 Å². The fraction of sp³-hybridized carbons (Fsp3) is 1.00. The molecular formula is C8H15BO. The zero-order valence-corrected chi connectivity index (χ0v) is 7.00. The van der Waals surface area contributed by atoms with Gasteiger partial charge >= 0.3 is 0 Å². The van der Waals surface area contributed by atoms with Crippen molar-refractivity contribution < 1.29 is 4.74 Å². The van der Waals surface area contributed by atoms with Crippen molar-refractivity contribution >= 4 is 7.85 Å². The Morgan fingerprint density at radius 2 is 1.90 bits per heavy atom. The van der Waals surface area contributed by atoms with Crippen LogP contribution < -0.4 is 0 Å². The van der Waals surface area contributed by atoms with E-state index in [4.69, 9.17) is 12.6 Å². The zero-order chi connectivity index (χ0) is 7.72. The number of hydrogen-bond donors (Lipinski definition) is 0. The molecule has 1 fully saturated rings. The minimum atomic E-state index is -0.0278. The first kappa shape index (κ1) is 8.12. The van der Waals surface area contributed by atoms with Crippen LogP contribution >= 0.6 is 0 Å². The van der Waals surface area contributed by atoms with Gasteiger partial charge in [-0.3, -0.25) is 0 Å². The van der Waals surface area contributed by atoms with Gasteiger partial charge in [-0.05, 0) is 18.3 Å². The lowest BCUT2D eigenvalue weighted by Crippen LogP contribution is -2.15. The van der Waals surface area contributed by atoms with Crippen LogP contribution in [-0.2, 0) is 4.74 Å². The average Bonchev–Trinajstić information content (AvgIpc) is 2.17. The normalized spacial score (nSPS) is 47.9. The van der Waals surface area contributed by atoms with Crippen LogP contribution in [0.1, 0.15) is 27.2 Å². The minimum Gasteiger partial charge on any atom is -0.384 e. The summed E-state index contributed by atoms with van der Waals surface area (Å²) < 4.78 is 5.51. The van der Waals surface area contributed by atoms with Gasteiger partial charge in [0.1, 0.15) is 7.85 Å². The average molecular weight is 138 g/mol. The van der Waals surface area contributed by atoms with Crippen LogP contribution in [0.3, 0.4) is 0 Å². The van der Waals surface area contributed by atoms with Crippen LogP contribution in [0.25, 0.3) is 0 Å². The standard InChI is InChI=1S/C8H15BO/c1-4-7-5(2)6(3)8(9)10-7/h5-8H,4H2,1-3H3/t5-,6?,7-,8-/m0/s1. The molecule has 1 unspecified atom stereocenters. The van der Waals surface area contributed by atoms with E-state index >= 15 is 0 Å². The van der Waals surface area contributed by atoms with Crippen molar-refractivity contribution in [3.05, 3.63) is 0 Å². The molecule has 0 amide bonds. The molecule has 0 aromatic carbocycles. The van der Waals surface area contributed by atoms with Gasteiger partial charge in [0, 0.05) is 6.00 Å². The second kappa shape index (κ2) is 2.95. The molecule has 1 aliphatic heterocycles. The Bertz CT molecular complexity index is 116. The summed E-state index contributed by atoms with van der Waals surface area (Å²) in [4.78, 5) is 0. The molecule has 1 heterocycles. The quantitative estimate of drug-likeness (QED) is 0.499. The smallest absolute Gasteiger partial charge is 0.109 e. The molecule has 0 bridgehead atoms. The van der Waals surface area contributed by atoms with Gasteiger partial charge in [-0.2, -0.15) is 0 Å². The first-order chi connectivity index (χ1) is 4.66.